The summed E-state index contributed by atoms with van der Waals surface area (Å²) < 4.78 is -1.53. The molecule has 6 nitrogen and oxygen atoms in total. The third-order valence-electron chi connectivity index (χ3n) is 5.10. The summed E-state index contributed by atoms with van der Waals surface area (Å²) in [6.45, 7) is 1.98. The van der Waals surface area contributed by atoms with Crippen molar-refractivity contribution in [1.29, 1.82) is 0 Å². The molecule has 1 fully saturated rings. The number of carbonyl (C=O) groups excluding carboxylic acids is 2. The second-order valence-corrected chi connectivity index (χ2v) is 8.46. The van der Waals surface area contributed by atoms with Crippen molar-refractivity contribution in [3.8, 4) is 0 Å². The van der Waals surface area contributed by atoms with Crippen molar-refractivity contribution in [2.75, 3.05) is 5.01 Å². The Kier molecular flexibility index (Phi) is 4.67. The quantitative estimate of drug-likeness (QED) is 0.643. The SMILES string of the molecule is Cc1cccc(N=C2NC(=O)C3(S2)C(=O)N(c2ccccc2)N=C3c2ccccc2)c1. The van der Waals surface area contributed by atoms with Gasteiger partial charge in [0.05, 0.1) is 11.4 Å². The molecule has 2 amide bonds. The fourth-order valence-corrected chi connectivity index (χ4v) is 4.79. The molecule has 3 aromatic rings. The third-order valence-corrected chi connectivity index (χ3v) is 6.34. The highest BCUT2D eigenvalue weighted by Crippen LogP contribution is 2.43. The lowest BCUT2D eigenvalue weighted by atomic mass is 9.95. The van der Waals surface area contributed by atoms with Gasteiger partial charge in [-0.05, 0) is 36.8 Å². The lowest BCUT2D eigenvalue weighted by Crippen LogP contribution is -2.50. The van der Waals surface area contributed by atoms with Gasteiger partial charge in [0.1, 0.15) is 5.71 Å². The van der Waals surface area contributed by atoms with E-state index in [-0.39, 0.29) is 0 Å². The fraction of sp³-hybridized carbons (Fsp3) is 0.0833. The zero-order chi connectivity index (χ0) is 21.4. The van der Waals surface area contributed by atoms with Gasteiger partial charge in [0.2, 0.25) is 4.75 Å². The predicted octanol–water partition coefficient (Wildman–Crippen LogP) is 4.04. The second kappa shape index (κ2) is 7.52. The second-order valence-electron chi connectivity index (χ2n) is 7.26. The van der Waals surface area contributed by atoms with Gasteiger partial charge < -0.3 is 5.32 Å². The minimum Gasteiger partial charge on any atom is -0.303 e. The van der Waals surface area contributed by atoms with Crippen LogP contribution >= 0.6 is 11.8 Å². The Labute approximate surface area is 183 Å². The molecule has 1 unspecified atom stereocenters. The van der Waals surface area contributed by atoms with E-state index in [1.807, 2.05) is 79.7 Å². The van der Waals surface area contributed by atoms with Crippen LogP contribution in [0.2, 0.25) is 0 Å². The van der Waals surface area contributed by atoms with Crippen molar-refractivity contribution < 1.29 is 9.59 Å². The van der Waals surface area contributed by atoms with Crippen LogP contribution in [-0.4, -0.2) is 27.4 Å². The Balaban J connectivity index is 1.61. The molecule has 31 heavy (non-hydrogen) atoms. The van der Waals surface area contributed by atoms with E-state index in [0.29, 0.717) is 27.8 Å². The summed E-state index contributed by atoms with van der Waals surface area (Å²) in [5.74, 6) is -0.843. The maximum atomic E-state index is 13.7. The van der Waals surface area contributed by atoms with Crippen LogP contribution in [-0.2, 0) is 9.59 Å². The first kappa shape index (κ1) is 19.3. The molecule has 0 bridgehead atoms. The van der Waals surface area contributed by atoms with Crippen LogP contribution in [0, 0.1) is 6.92 Å². The first-order chi connectivity index (χ1) is 15.1. The first-order valence-electron chi connectivity index (χ1n) is 9.78. The smallest absolute Gasteiger partial charge is 0.280 e. The molecule has 2 heterocycles. The Morgan fingerprint density at radius 3 is 2.35 bits per heavy atom. The number of amidine groups is 1. The monoisotopic (exact) mass is 426 g/mol. The summed E-state index contributed by atoms with van der Waals surface area (Å²) in [6.07, 6.45) is 0. The highest BCUT2D eigenvalue weighted by atomic mass is 32.2. The van der Waals surface area contributed by atoms with Crippen molar-refractivity contribution in [2.24, 2.45) is 10.1 Å². The summed E-state index contributed by atoms with van der Waals surface area (Å²) >= 11 is 1.11. The van der Waals surface area contributed by atoms with Crippen LogP contribution in [0.25, 0.3) is 0 Å². The summed E-state index contributed by atoms with van der Waals surface area (Å²) in [5, 5.41) is 9.10. The van der Waals surface area contributed by atoms with Gasteiger partial charge in [-0.25, -0.2) is 4.99 Å². The van der Waals surface area contributed by atoms with Gasteiger partial charge in [0.15, 0.2) is 5.17 Å². The van der Waals surface area contributed by atoms with Crippen molar-refractivity contribution in [2.45, 2.75) is 11.7 Å². The van der Waals surface area contributed by atoms with Gasteiger partial charge in [0.25, 0.3) is 11.8 Å². The number of hydrogen-bond donors (Lipinski definition) is 1. The van der Waals surface area contributed by atoms with Crippen LogP contribution < -0.4 is 10.3 Å². The van der Waals surface area contributed by atoms with E-state index in [4.69, 9.17) is 0 Å². The average molecular weight is 427 g/mol. The molecule has 0 saturated carbocycles. The largest absolute Gasteiger partial charge is 0.303 e. The Hall–Kier alpha value is -3.71. The van der Waals surface area contributed by atoms with Crippen LogP contribution in [0.1, 0.15) is 11.1 Å². The van der Waals surface area contributed by atoms with E-state index >= 15 is 0 Å². The molecular weight excluding hydrogens is 408 g/mol. The normalized spacial score (nSPS) is 21.6. The molecule has 1 N–H and O–H groups in total. The van der Waals surface area contributed by atoms with Gasteiger partial charge in [-0.1, -0.05) is 72.4 Å². The molecule has 0 aliphatic carbocycles. The highest BCUT2D eigenvalue weighted by molar-refractivity contribution is 8.17. The van der Waals surface area contributed by atoms with Gasteiger partial charge in [0, 0.05) is 5.56 Å². The van der Waals surface area contributed by atoms with Crippen LogP contribution in [0.3, 0.4) is 0 Å². The Morgan fingerprint density at radius 2 is 1.65 bits per heavy atom. The molecule has 1 spiro atoms. The molecule has 152 valence electrons. The summed E-state index contributed by atoms with van der Waals surface area (Å²) in [4.78, 5) is 31.5. The van der Waals surface area contributed by atoms with Gasteiger partial charge >= 0.3 is 0 Å². The standard InChI is InChI=1S/C24H18N4O2S/c1-16-9-8-12-18(15-16)25-23-26-21(29)24(31-23)20(17-10-4-2-5-11-17)27-28(22(24)30)19-13-6-3-7-14-19/h2-15H,1H3,(H,25,26,29). The number of carbonyl (C=O) groups is 2. The number of para-hydroxylation sites is 1. The number of rotatable bonds is 3. The molecule has 7 heteroatoms. The number of anilines is 1. The molecule has 5 rings (SSSR count). The lowest BCUT2D eigenvalue weighted by molar-refractivity contribution is -0.127. The minimum atomic E-state index is -1.53. The van der Waals surface area contributed by atoms with Crippen LogP contribution in [0.4, 0.5) is 11.4 Å². The van der Waals surface area contributed by atoms with Crippen molar-refractivity contribution in [1.82, 2.24) is 5.32 Å². The van der Waals surface area contributed by atoms with Crippen molar-refractivity contribution >= 4 is 45.8 Å². The number of hydrazone groups is 1. The minimum absolute atomic E-state index is 0.377. The maximum Gasteiger partial charge on any atom is 0.280 e. The number of amides is 2. The molecule has 2 aliphatic rings. The molecule has 3 aromatic carbocycles. The molecular formula is C24H18N4O2S. The Morgan fingerprint density at radius 1 is 0.935 bits per heavy atom. The molecule has 0 radical (unpaired) electrons. The molecule has 0 aromatic heterocycles. The zero-order valence-corrected chi connectivity index (χ0v) is 17.5. The van der Waals surface area contributed by atoms with Gasteiger partial charge in [-0.3, -0.25) is 9.59 Å². The number of thioether (sulfide) groups is 1. The maximum absolute atomic E-state index is 13.7. The Bertz CT molecular complexity index is 1240. The van der Waals surface area contributed by atoms with E-state index in [0.717, 1.165) is 17.3 Å². The number of benzene rings is 3. The van der Waals surface area contributed by atoms with Crippen LogP contribution in [0.15, 0.2) is 95.0 Å². The lowest BCUT2D eigenvalue weighted by Gasteiger charge is -2.19. The summed E-state index contributed by atoms with van der Waals surface area (Å²) in [7, 11) is 0. The number of nitrogens with zero attached hydrogens (tertiary/aromatic N) is 3. The van der Waals surface area contributed by atoms with E-state index in [1.165, 1.54) is 5.01 Å². The molecule has 1 saturated heterocycles. The van der Waals surface area contributed by atoms with Crippen molar-refractivity contribution in [3.05, 3.63) is 96.1 Å². The van der Waals surface area contributed by atoms with Gasteiger partial charge in [-0.15, -0.1) is 0 Å². The van der Waals surface area contributed by atoms with E-state index in [1.54, 1.807) is 12.1 Å². The first-order valence-corrected chi connectivity index (χ1v) is 10.6. The number of nitrogens with one attached hydrogen (secondary N) is 1. The topological polar surface area (TPSA) is 74.1 Å². The zero-order valence-electron chi connectivity index (χ0n) is 16.6. The molecule has 1 atom stereocenters. The highest BCUT2D eigenvalue weighted by Gasteiger charge is 2.62. The number of aryl methyl sites for hydroxylation is 1. The van der Waals surface area contributed by atoms with Gasteiger partial charge in [-0.2, -0.15) is 10.1 Å². The number of aliphatic imine (C=N–C) groups is 1. The van der Waals surface area contributed by atoms with Crippen LogP contribution in [0.5, 0.6) is 0 Å². The molecule has 2 aliphatic heterocycles. The van der Waals surface area contributed by atoms with E-state index in [2.05, 4.69) is 15.4 Å². The third kappa shape index (κ3) is 3.23. The number of hydrogen-bond acceptors (Lipinski definition) is 5. The van der Waals surface area contributed by atoms with E-state index < -0.39 is 16.6 Å². The summed E-state index contributed by atoms with van der Waals surface area (Å²) in [6, 6.07) is 26.1. The fourth-order valence-electron chi connectivity index (χ4n) is 3.63. The van der Waals surface area contributed by atoms with E-state index in [9.17, 15) is 9.59 Å². The average Bonchev–Trinajstić information content (AvgIpc) is 3.26. The predicted molar refractivity (Wildman–Crippen MR) is 124 cm³/mol. The summed E-state index contributed by atoms with van der Waals surface area (Å²) in [5.41, 5.74) is 3.50. The van der Waals surface area contributed by atoms with Crippen molar-refractivity contribution in [3.63, 3.8) is 0 Å².